The molecule has 0 atom stereocenters. The van der Waals surface area contributed by atoms with Crippen molar-refractivity contribution in [1.29, 1.82) is 0 Å². The van der Waals surface area contributed by atoms with Gasteiger partial charge in [0.15, 0.2) is 5.58 Å². The highest BCUT2D eigenvalue weighted by molar-refractivity contribution is 5.79. The number of piperazine rings is 1. The lowest BCUT2D eigenvalue weighted by Gasteiger charge is -2.35. The van der Waals surface area contributed by atoms with Gasteiger partial charge in [0.1, 0.15) is 0 Å². The molecule has 0 aromatic carbocycles. The first-order valence-corrected chi connectivity index (χ1v) is 9.06. The third-order valence-corrected chi connectivity index (χ3v) is 5.22. The zero-order valence-corrected chi connectivity index (χ0v) is 14.0. The molecule has 0 bridgehead atoms. The van der Waals surface area contributed by atoms with Gasteiger partial charge in [-0.25, -0.2) is 4.98 Å². The third-order valence-electron chi connectivity index (χ3n) is 5.22. The molecule has 3 heterocycles. The fourth-order valence-electron chi connectivity index (χ4n) is 3.80. The molecular formula is C18H24N4O2. The average molecular weight is 328 g/mol. The molecule has 1 saturated heterocycles. The van der Waals surface area contributed by atoms with E-state index in [9.17, 15) is 4.79 Å². The molecular weight excluding hydrogens is 304 g/mol. The normalized spacial score (nSPS) is 20.3. The SMILES string of the molecule is O=C(C1CCCCCC1)N1CCN(c2nc3ncccc3o2)CC1. The van der Waals surface area contributed by atoms with Crippen molar-refractivity contribution in [3.63, 3.8) is 0 Å². The minimum absolute atomic E-state index is 0.243. The van der Waals surface area contributed by atoms with E-state index in [2.05, 4.69) is 14.9 Å². The summed E-state index contributed by atoms with van der Waals surface area (Å²) in [6, 6.07) is 4.34. The molecule has 1 amide bonds. The second-order valence-corrected chi connectivity index (χ2v) is 6.82. The third kappa shape index (κ3) is 3.09. The maximum atomic E-state index is 12.7. The highest BCUT2D eigenvalue weighted by atomic mass is 16.4. The van der Waals surface area contributed by atoms with E-state index in [1.54, 1.807) is 6.20 Å². The number of anilines is 1. The minimum Gasteiger partial charge on any atom is -0.422 e. The molecule has 0 spiro atoms. The molecule has 0 N–H and O–H groups in total. The summed E-state index contributed by atoms with van der Waals surface area (Å²) >= 11 is 0. The fourth-order valence-corrected chi connectivity index (χ4v) is 3.80. The number of pyridine rings is 1. The van der Waals surface area contributed by atoms with Gasteiger partial charge >= 0.3 is 0 Å². The first-order chi connectivity index (χ1) is 11.8. The second kappa shape index (κ2) is 6.79. The molecule has 2 aliphatic rings. The number of fused-ring (bicyclic) bond motifs is 1. The summed E-state index contributed by atoms with van der Waals surface area (Å²) in [6.07, 6.45) is 8.81. The number of hydrogen-bond acceptors (Lipinski definition) is 5. The number of oxazole rings is 1. The van der Waals surface area contributed by atoms with Crippen molar-refractivity contribution in [3.8, 4) is 0 Å². The van der Waals surface area contributed by atoms with Crippen LogP contribution in [0.5, 0.6) is 0 Å². The number of nitrogens with zero attached hydrogens (tertiary/aromatic N) is 4. The van der Waals surface area contributed by atoms with Crippen LogP contribution in [0, 0.1) is 5.92 Å². The molecule has 1 aliphatic heterocycles. The second-order valence-electron chi connectivity index (χ2n) is 6.82. The molecule has 24 heavy (non-hydrogen) atoms. The molecule has 4 rings (SSSR count). The predicted molar refractivity (Wildman–Crippen MR) is 91.8 cm³/mol. The Kier molecular flexibility index (Phi) is 4.36. The maximum absolute atomic E-state index is 12.7. The zero-order valence-electron chi connectivity index (χ0n) is 14.0. The van der Waals surface area contributed by atoms with Gasteiger partial charge in [0.2, 0.25) is 11.6 Å². The van der Waals surface area contributed by atoms with Gasteiger partial charge < -0.3 is 14.2 Å². The summed E-state index contributed by atoms with van der Waals surface area (Å²) in [4.78, 5) is 25.6. The number of aromatic nitrogens is 2. The molecule has 6 nitrogen and oxygen atoms in total. The van der Waals surface area contributed by atoms with E-state index in [0.29, 0.717) is 23.2 Å². The Morgan fingerprint density at radius 2 is 1.83 bits per heavy atom. The molecule has 1 aliphatic carbocycles. The van der Waals surface area contributed by atoms with Crippen LogP contribution in [0.25, 0.3) is 11.2 Å². The number of hydrogen-bond donors (Lipinski definition) is 0. The van der Waals surface area contributed by atoms with Crippen molar-refractivity contribution < 1.29 is 9.21 Å². The molecule has 2 aromatic heterocycles. The van der Waals surface area contributed by atoms with Crippen LogP contribution in [0.2, 0.25) is 0 Å². The molecule has 2 fully saturated rings. The van der Waals surface area contributed by atoms with Gasteiger partial charge in [0.05, 0.1) is 0 Å². The topological polar surface area (TPSA) is 62.5 Å². The number of carbonyl (C=O) groups excluding carboxylic acids is 1. The Morgan fingerprint density at radius 3 is 2.54 bits per heavy atom. The van der Waals surface area contributed by atoms with Crippen molar-refractivity contribution in [1.82, 2.24) is 14.9 Å². The van der Waals surface area contributed by atoms with Crippen molar-refractivity contribution in [2.24, 2.45) is 5.92 Å². The molecule has 0 radical (unpaired) electrons. The fraction of sp³-hybridized carbons (Fsp3) is 0.611. The van der Waals surface area contributed by atoms with Gasteiger partial charge in [-0.1, -0.05) is 25.7 Å². The first-order valence-electron chi connectivity index (χ1n) is 9.06. The summed E-state index contributed by atoms with van der Waals surface area (Å²) in [5, 5.41) is 0. The van der Waals surface area contributed by atoms with Gasteiger partial charge in [0.25, 0.3) is 6.01 Å². The smallest absolute Gasteiger partial charge is 0.300 e. The van der Waals surface area contributed by atoms with Crippen LogP contribution in [0.15, 0.2) is 22.7 Å². The number of amides is 1. The van der Waals surface area contributed by atoms with Gasteiger partial charge in [-0.15, -0.1) is 0 Å². The van der Waals surface area contributed by atoms with Crippen LogP contribution < -0.4 is 4.90 Å². The highest BCUT2D eigenvalue weighted by Crippen LogP contribution is 2.26. The van der Waals surface area contributed by atoms with Crippen molar-refractivity contribution in [3.05, 3.63) is 18.3 Å². The van der Waals surface area contributed by atoms with Crippen molar-refractivity contribution in [2.45, 2.75) is 38.5 Å². The molecule has 128 valence electrons. The van der Waals surface area contributed by atoms with Crippen LogP contribution in [-0.2, 0) is 4.79 Å². The van der Waals surface area contributed by atoms with E-state index in [4.69, 9.17) is 4.42 Å². The van der Waals surface area contributed by atoms with E-state index >= 15 is 0 Å². The van der Waals surface area contributed by atoms with Gasteiger partial charge in [0, 0.05) is 38.3 Å². The van der Waals surface area contributed by atoms with Gasteiger partial charge in [-0.2, -0.15) is 4.98 Å². The quantitative estimate of drug-likeness (QED) is 0.793. The monoisotopic (exact) mass is 328 g/mol. The van der Waals surface area contributed by atoms with Crippen molar-refractivity contribution in [2.75, 3.05) is 31.1 Å². The highest BCUT2D eigenvalue weighted by Gasteiger charge is 2.29. The Bertz CT molecular complexity index is 665. The molecule has 0 unspecified atom stereocenters. The van der Waals surface area contributed by atoms with Crippen LogP contribution in [-0.4, -0.2) is 47.0 Å². The molecule has 6 heteroatoms. The Labute approximate surface area is 141 Å². The van der Waals surface area contributed by atoms with Crippen molar-refractivity contribution >= 4 is 23.2 Å². The molecule has 2 aromatic rings. The lowest BCUT2D eigenvalue weighted by atomic mass is 9.98. The van der Waals surface area contributed by atoms with Gasteiger partial charge in [-0.3, -0.25) is 4.79 Å². The summed E-state index contributed by atoms with van der Waals surface area (Å²) in [6.45, 7) is 3.04. The first kappa shape index (κ1) is 15.4. The van der Waals surface area contributed by atoms with E-state index in [1.807, 2.05) is 17.0 Å². The largest absolute Gasteiger partial charge is 0.422 e. The summed E-state index contributed by atoms with van der Waals surface area (Å²) in [5.41, 5.74) is 1.36. The average Bonchev–Trinajstić information content (AvgIpc) is 2.87. The lowest BCUT2D eigenvalue weighted by Crippen LogP contribution is -2.50. The summed E-state index contributed by atoms with van der Waals surface area (Å²) in [7, 11) is 0. The van der Waals surface area contributed by atoms with E-state index in [1.165, 1.54) is 25.7 Å². The number of carbonyl (C=O) groups is 1. The van der Waals surface area contributed by atoms with Crippen LogP contribution >= 0.6 is 0 Å². The Balaban J connectivity index is 1.38. The Hall–Kier alpha value is -2.11. The van der Waals surface area contributed by atoms with Gasteiger partial charge in [-0.05, 0) is 25.0 Å². The summed E-state index contributed by atoms with van der Waals surface area (Å²) in [5.74, 6) is 0.600. The minimum atomic E-state index is 0.243. The number of rotatable bonds is 2. The van der Waals surface area contributed by atoms with E-state index in [-0.39, 0.29) is 5.92 Å². The summed E-state index contributed by atoms with van der Waals surface area (Å²) < 4.78 is 5.78. The lowest BCUT2D eigenvalue weighted by molar-refractivity contribution is -0.136. The predicted octanol–water partition coefficient (Wildman–Crippen LogP) is 2.84. The zero-order chi connectivity index (χ0) is 16.4. The van der Waals surface area contributed by atoms with Crippen LogP contribution in [0.3, 0.4) is 0 Å². The van der Waals surface area contributed by atoms with Crippen LogP contribution in [0.4, 0.5) is 6.01 Å². The van der Waals surface area contributed by atoms with Crippen LogP contribution in [0.1, 0.15) is 38.5 Å². The van der Waals surface area contributed by atoms with E-state index in [0.717, 1.165) is 39.0 Å². The molecule has 1 saturated carbocycles. The van der Waals surface area contributed by atoms with E-state index < -0.39 is 0 Å². The maximum Gasteiger partial charge on any atom is 0.300 e. The Morgan fingerprint density at radius 1 is 1.08 bits per heavy atom. The standard InChI is InChI=1S/C18H24N4O2/c23-17(14-6-3-1-2-4-7-14)21-10-12-22(13-11-21)18-20-16-15(24-18)8-5-9-19-16/h5,8-9,14H,1-4,6-7,10-13H2.